The number of hydrogen-bond donors (Lipinski definition) is 0. The Labute approximate surface area is 128 Å². The lowest BCUT2D eigenvalue weighted by molar-refractivity contribution is 0.970. The van der Waals surface area contributed by atoms with Crippen LogP contribution in [0.25, 0.3) is 16.7 Å². The summed E-state index contributed by atoms with van der Waals surface area (Å²) in [5.74, 6) is 1.15. The van der Waals surface area contributed by atoms with Crippen LogP contribution < -0.4 is 0 Å². The van der Waals surface area contributed by atoms with Crippen LogP contribution in [-0.4, -0.2) is 9.55 Å². The van der Waals surface area contributed by atoms with Gasteiger partial charge in [0, 0.05) is 0 Å². The summed E-state index contributed by atoms with van der Waals surface area (Å²) in [7, 11) is 0. The summed E-state index contributed by atoms with van der Waals surface area (Å²) in [6.07, 6.45) is 0. The van der Waals surface area contributed by atoms with Crippen molar-refractivity contribution < 1.29 is 0 Å². The van der Waals surface area contributed by atoms with Crippen molar-refractivity contribution >= 4 is 34.2 Å². The van der Waals surface area contributed by atoms with Gasteiger partial charge in [-0.05, 0) is 43.2 Å². The van der Waals surface area contributed by atoms with E-state index in [1.54, 1.807) is 0 Å². The number of benzene rings is 2. The molecule has 0 bridgehead atoms. The van der Waals surface area contributed by atoms with E-state index in [1.807, 2.05) is 18.2 Å². The third kappa shape index (κ3) is 2.09. The first-order chi connectivity index (χ1) is 9.61. The van der Waals surface area contributed by atoms with Crippen LogP contribution in [0.15, 0.2) is 36.4 Å². The summed E-state index contributed by atoms with van der Waals surface area (Å²) >= 11 is 12.4. The molecule has 0 aliphatic heterocycles. The minimum absolute atomic E-state index is 0.346. The summed E-state index contributed by atoms with van der Waals surface area (Å²) < 4.78 is 2.06. The van der Waals surface area contributed by atoms with Gasteiger partial charge in [-0.15, -0.1) is 11.6 Å². The third-order valence-corrected chi connectivity index (χ3v) is 3.97. The van der Waals surface area contributed by atoms with Gasteiger partial charge in [-0.1, -0.05) is 29.8 Å². The molecule has 0 fully saturated rings. The highest BCUT2D eigenvalue weighted by molar-refractivity contribution is 6.35. The Morgan fingerprint density at radius 3 is 2.70 bits per heavy atom. The lowest BCUT2D eigenvalue weighted by atomic mass is 10.1. The molecule has 0 amide bonds. The topological polar surface area (TPSA) is 17.8 Å². The van der Waals surface area contributed by atoms with Crippen LogP contribution in [0.2, 0.25) is 5.02 Å². The van der Waals surface area contributed by atoms with Crippen molar-refractivity contribution in [1.82, 2.24) is 9.55 Å². The van der Waals surface area contributed by atoms with Gasteiger partial charge in [0.15, 0.2) is 0 Å². The molecule has 20 heavy (non-hydrogen) atoms. The van der Waals surface area contributed by atoms with E-state index in [9.17, 15) is 0 Å². The van der Waals surface area contributed by atoms with E-state index in [4.69, 9.17) is 23.2 Å². The molecule has 3 aromatic rings. The molecule has 1 aromatic heterocycles. The maximum Gasteiger partial charge on any atom is 0.129 e. The number of halogens is 2. The van der Waals surface area contributed by atoms with Gasteiger partial charge in [-0.25, -0.2) is 4.98 Å². The van der Waals surface area contributed by atoms with E-state index in [-0.39, 0.29) is 0 Å². The molecule has 2 aromatic carbocycles. The summed E-state index contributed by atoms with van der Waals surface area (Å²) in [5, 5.41) is 0.687. The van der Waals surface area contributed by atoms with Gasteiger partial charge in [-0.3, -0.25) is 4.57 Å². The van der Waals surface area contributed by atoms with Gasteiger partial charge >= 0.3 is 0 Å². The third-order valence-electron chi connectivity index (χ3n) is 3.42. The average Bonchev–Trinajstić information content (AvgIpc) is 2.81. The van der Waals surface area contributed by atoms with Crippen molar-refractivity contribution in [3.63, 3.8) is 0 Å². The van der Waals surface area contributed by atoms with Crippen LogP contribution in [0.5, 0.6) is 0 Å². The Morgan fingerprint density at radius 1 is 1.15 bits per heavy atom. The van der Waals surface area contributed by atoms with Crippen molar-refractivity contribution in [3.8, 4) is 5.69 Å². The van der Waals surface area contributed by atoms with E-state index >= 15 is 0 Å². The van der Waals surface area contributed by atoms with Crippen molar-refractivity contribution in [2.75, 3.05) is 0 Å². The largest absolute Gasteiger partial charge is 0.294 e. The molecule has 0 N–H and O–H groups in total. The average molecular weight is 305 g/mol. The molecule has 0 unspecified atom stereocenters. The Bertz CT molecular complexity index is 791. The fraction of sp³-hybridized carbons (Fsp3) is 0.188. The van der Waals surface area contributed by atoms with E-state index in [0.29, 0.717) is 10.9 Å². The molecule has 0 aliphatic carbocycles. The van der Waals surface area contributed by atoms with Crippen LogP contribution in [-0.2, 0) is 5.88 Å². The monoisotopic (exact) mass is 304 g/mol. The van der Waals surface area contributed by atoms with E-state index in [1.165, 1.54) is 11.1 Å². The fourth-order valence-corrected chi connectivity index (χ4v) is 2.88. The Kier molecular flexibility index (Phi) is 3.45. The maximum absolute atomic E-state index is 6.37. The number of alkyl halides is 1. The van der Waals surface area contributed by atoms with Crippen molar-refractivity contribution in [2.45, 2.75) is 19.7 Å². The van der Waals surface area contributed by atoms with Crippen LogP contribution in [0.1, 0.15) is 17.0 Å². The zero-order valence-electron chi connectivity index (χ0n) is 11.3. The number of para-hydroxylation sites is 1. The second-order valence-corrected chi connectivity index (χ2v) is 5.57. The number of imidazole rings is 1. The van der Waals surface area contributed by atoms with Crippen molar-refractivity contribution in [2.24, 2.45) is 0 Å². The molecule has 1 heterocycles. The number of rotatable bonds is 2. The van der Waals surface area contributed by atoms with E-state index in [2.05, 4.69) is 41.6 Å². The molecule has 0 radical (unpaired) electrons. The van der Waals surface area contributed by atoms with Gasteiger partial charge in [0.1, 0.15) is 5.82 Å². The molecule has 0 saturated carbocycles. The Balaban J connectivity index is 2.42. The van der Waals surface area contributed by atoms with Crippen molar-refractivity contribution in [1.29, 1.82) is 0 Å². The zero-order valence-corrected chi connectivity index (χ0v) is 12.8. The molecule has 0 spiro atoms. The molecule has 102 valence electrons. The lowest BCUT2D eigenvalue weighted by Crippen LogP contribution is -2.02. The lowest BCUT2D eigenvalue weighted by Gasteiger charge is -2.12. The predicted octanol–water partition coefficient (Wildman–Crippen LogP) is 5.03. The molecular formula is C16H14Cl2N2. The second kappa shape index (κ2) is 5.12. The standard InChI is InChI=1S/C16H14Cl2N2/c1-10-6-7-11(2)14(8-10)20-15(9-17)19-13-5-3-4-12(18)16(13)20/h3-8H,9H2,1-2H3. The zero-order chi connectivity index (χ0) is 14.3. The quantitative estimate of drug-likeness (QED) is 0.607. The smallest absolute Gasteiger partial charge is 0.129 e. The minimum Gasteiger partial charge on any atom is -0.294 e. The number of nitrogens with zero attached hydrogens (tertiary/aromatic N) is 2. The molecule has 3 rings (SSSR count). The van der Waals surface area contributed by atoms with Crippen LogP contribution in [0.3, 0.4) is 0 Å². The minimum atomic E-state index is 0.346. The van der Waals surface area contributed by atoms with Gasteiger partial charge in [0.2, 0.25) is 0 Å². The number of aromatic nitrogens is 2. The first-order valence-corrected chi connectivity index (χ1v) is 7.32. The SMILES string of the molecule is Cc1ccc(C)c(-n2c(CCl)nc3cccc(Cl)c32)c1. The molecule has 0 saturated heterocycles. The number of fused-ring (bicyclic) bond motifs is 1. The van der Waals surface area contributed by atoms with Gasteiger partial charge in [-0.2, -0.15) is 0 Å². The highest BCUT2D eigenvalue weighted by Gasteiger charge is 2.15. The normalized spacial score (nSPS) is 11.2. The second-order valence-electron chi connectivity index (χ2n) is 4.89. The fourth-order valence-electron chi connectivity index (χ4n) is 2.44. The number of hydrogen-bond acceptors (Lipinski definition) is 1. The van der Waals surface area contributed by atoms with Crippen LogP contribution in [0.4, 0.5) is 0 Å². The summed E-state index contributed by atoms with van der Waals surface area (Å²) in [5.41, 5.74) is 5.23. The Hall–Kier alpha value is -1.51. The van der Waals surface area contributed by atoms with E-state index in [0.717, 1.165) is 22.5 Å². The molecule has 2 nitrogen and oxygen atoms in total. The molecule has 0 aliphatic rings. The van der Waals surface area contributed by atoms with Gasteiger partial charge < -0.3 is 0 Å². The highest BCUT2D eigenvalue weighted by Crippen LogP contribution is 2.30. The van der Waals surface area contributed by atoms with Crippen LogP contribution in [0, 0.1) is 13.8 Å². The van der Waals surface area contributed by atoms with Crippen molar-refractivity contribution in [3.05, 3.63) is 58.4 Å². The Morgan fingerprint density at radius 2 is 1.95 bits per heavy atom. The first-order valence-electron chi connectivity index (χ1n) is 6.41. The first kappa shape index (κ1) is 13.5. The van der Waals surface area contributed by atoms with Crippen LogP contribution >= 0.6 is 23.2 Å². The van der Waals surface area contributed by atoms with Gasteiger partial charge in [0.05, 0.1) is 27.6 Å². The maximum atomic E-state index is 6.37. The summed E-state index contributed by atoms with van der Waals surface area (Å²) in [6.45, 7) is 4.15. The predicted molar refractivity (Wildman–Crippen MR) is 85.1 cm³/mol. The summed E-state index contributed by atoms with van der Waals surface area (Å²) in [4.78, 5) is 4.59. The molecule has 4 heteroatoms. The summed E-state index contributed by atoms with van der Waals surface area (Å²) in [6, 6.07) is 12.1. The van der Waals surface area contributed by atoms with Gasteiger partial charge in [0.25, 0.3) is 0 Å². The number of aryl methyl sites for hydroxylation is 2. The van der Waals surface area contributed by atoms with E-state index < -0.39 is 0 Å². The molecule has 0 atom stereocenters. The molecular weight excluding hydrogens is 291 g/mol. The highest BCUT2D eigenvalue weighted by atomic mass is 35.5.